The highest BCUT2D eigenvalue weighted by atomic mass is 16.3. The fraction of sp³-hybridized carbons (Fsp3) is 0.667. The minimum Gasteiger partial charge on any atom is -0.393 e. The van der Waals surface area contributed by atoms with Crippen LogP contribution in [0.1, 0.15) is 65.0 Å². The van der Waals surface area contributed by atoms with Crippen LogP contribution in [0.5, 0.6) is 0 Å². The number of nitrogens with zero attached hydrogens (tertiary/aromatic N) is 2. The van der Waals surface area contributed by atoms with Crippen LogP contribution in [-0.2, 0) is 0 Å². The quantitative estimate of drug-likeness (QED) is 0.710. The molecule has 1 N–H and O–H groups in total. The maximum Gasteiger partial charge on any atom is 0.0847 e. The van der Waals surface area contributed by atoms with E-state index in [9.17, 15) is 5.11 Å². The second kappa shape index (κ2) is 6.01. The molecule has 0 amide bonds. The third-order valence-electron chi connectivity index (χ3n) is 8.83. The van der Waals surface area contributed by atoms with Gasteiger partial charge >= 0.3 is 0 Å². The van der Waals surface area contributed by atoms with Crippen molar-refractivity contribution in [2.75, 3.05) is 0 Å². The first kappa shape index (κ1) is 17.6. The lowest BCUT2D eigenvalue weighted by molar-refractivity contribution is -0.0426. The van der Waals surface area contributed by atoms with Crippen LogP contribution in [0.2, 0.25) is 0 Å². The van der Waals surface area contributed by atoms with Crippen molar-refractivity contribution in [1.82, 2.24) is 9.97 Å². The highest BCUT2D eigenvalue weighted by Gasteiger charge is 2.58. The molecule has 7 atom stereocenters. The Morgan fingerprint density at radius 2 is 1.89 bits per heavy atom. The molecule has 0 unspecified atom stereocenters. The number of hydrogen-bond acceptors (Lipinski definition) is 3. The summed E-state index contributed by atoms with van der Waals surface area (Å²) in [6.07, 6.45) is 17.2. The number of rotatable bonds is 1. The third-order valence-corrected chi connectivity index (χ3v) is 8.83. The van der Waals surface area contributed by atoms with Crippen LogP contribution in [0.3, 0.4) is 0 Å². The molecule has 4 aliphatic rings. The monoisotopic (exact) mass is 364 g/mol. The molecule has 0 radical (unpaired) electrons. The summed E-state index contributed by atoms with van der Waals surface area (Å²) >= 11 is 0. The predicted molar refractivity (Wildman–Crippen MR) is 108 cm³/mol. The number of allylic oxidation sites excluding steroid dienone is 3. The van der Waals surface area contributed by atoms with Gasteiger partial charge in [0.2, 0.25) is 0 Å². The zero-order chi connectivity index (χ0) is 18.8. The minimum absolute atomic E-state index is 0.127. The summed E-state index contributed by atoms with van der Waals surface area (Å²) in [4.78, 5) is 8.97. The summed E-state index contributed by atoms with van der Waals surface area (Å²) in [5.74, 6) is 2.79. The molecule has 5 rings (SSSR count). The fourth-order valence-electron chi connectivity index (χ4n) is 7.41. The topological polar surface area (TPSA) is 46.0 Å². The van der Waals surface area contributed by atoms with Gasteiger partial charge in [-0.2, -0.15) is 0 Å². The Hall–Kier alpha value is -1.48. The average Bonchev–Trinajstić information content (AvgIpc) is 3.01. The van der Waals surface area contributed by atoms with E-state index in [2.05, 4.69) is 42.9 Å². The summed E-state index contributed by atoms with van der Waals surface area (Å²) in [6, 6.07) is 0. The Labute approximate surface area is 163 Å². The Kier molecular flexibility index (Phi) is 3.92. The van der Waals surface area contributed by atoms with Gasteiger partial charge in [-0.05, 0) is 78.6 Å². The van der Waals surface area contributed by atoms with Gasteiger partial charge in [0.15, 0.2) is 0 Å². The van der Waals surface area contributed by atoms with Crippen molar-refractivity contribution in [3.8, 4) is 0 Å². The lowest BCUT2D eigenvalue weighted by atomic mass is 9.45. The van der Waals surface area contributed by atoms with Gasteiger partial charge in [-0.1, -0.05) is 38.5 Å². The van der Waals surface area contributed by atoms with Crippen LogP contribution in [0.4, 0.5) is 0 Å². The van der Waals surface area contributed by atoms with Gasteiger partial charge in [0.1, 0.15) is 0 Å². The van der Waals surface area contributed by atoms with Crippen molar-refractivity contribution < 1.29 is 5.11 Å². The highest BCUT2D eigenvalue weighted by molar-refractivity contribution is 5.70. The molecule has 4 aliphatic carbocycles. The van der Waals surface area contributed by atoms with Gasteiger partial charge in [0.25, 0.3) is 0 Å². The molecule has 3 nitrogen and oxygen atoms in total. The molecule has 0 aromatic carbocycles. The largest absolute Gasteiger partial charge is 0.393 e. The molecule has 2 fully saturated rings. The van der Waals surface area contributed by atoms with E-state index in [1.54, 1.807) is 11.8 Å². The van der Waals surface area contributed by atoms with Crippen LogP contribution >= 0.6 is 0 Å². The first-order valence-electron chi connectivity index (χ1n) is 10.8. The van der Waals surface area contributed by atoms with Crippen molar-refractivity contribution in [1.29, 1.82) is 0 Å². The van der Waals surface area contributed by atoms with Gasteiger partial charge in [0.05, 0.1) is 18.0 Å². The second-order valence-corrected chi connectivity index (χ2v) is 10.1. The summed E-state index contributed by atoms with van der Waals surface area (Å²) in [6.45, 7) is 7.42. The molecule has 0 bridgehead atoms. The van der Waals surface area contributed by atoms with Crippen molar-refractivity contribution in [2.45, 2.75) is 65.4 Å². The minimum atomic E-state index is -0.127. The standard InChI is InChI=1S/C24H32N2O/c1-15-12-16-13-17(27)6-8-23(16,2)20-7-9-24(3)18(4-5-19(24)22(15)20)21-14-25-10-11-26-21/h4,10-12,14-15,17,19-20,22,27H,5-9,13H2,1-3H3/t15-,17+,19+,20+,22+,23+,24-/m1/s1. The van der Waals surface area contributed by atoms with E-state index < -0.39 is 0 Å². The predicted octanol–water partition coefficient (Wildman–Crippen LogP) is 5.04. The third kappa shape index (κ3) is 2.43. The molecule has 1 heterocycles. The van der Waals surface area contributed by atoms with E-state index in [1.807, 2.05) is 12.4 Å². The van der Waals surface area contributed by atoms with E-state index in [0.717, 1.165) is 36.8 Å². The van der Waals surface area contributed by atoms with Crippen molar-refractivity contribution >= 4 is 5.57 Å². The van der Waals surface area contributed by atoms with E-state index >= 15 is 0 Å². The summed E-state index contributed by atoms with van der Waals surface area (Å²) in [5, 5.41) is 10.2. The first-order chi connectivity index (χ1) is 12.9. The zero-order valence-corrected chi connectivity index (χ0v) is 16.9. The molecule has 1 aromatic heterocycles. The molecule has 1 aromatic rings. The molecule has 2 saturated carbocycles. The number of hydrogen-bond donors (Lipinski definition) is 1. The van der Waals surface area contributed by atoms with Gasteiger partial charge in [0, 0.05) is 12.4 Å². The Balaban J connectivity index is 1.52. The van der Waals surface area contributed by atoms with E-state index in [1.165, 1.54) is 24.8 Å². The molecule has 0 saturated heterocycles. The first-order valence-corrected chi connectivity index (χ1v) is 10.8. The van der Waals surface area contributed by atoms with Crippen molar-refractivity contribution in [3.05, 3.63) is 42.0 Å². The maximum absolute atomic E-state index is 10.2. The molecular formula is C24H32N2O. The number of aliphatic hydroxyl groups excluding tert-OH is 1. The zero-order valence-electron chi connectivity index (χ0n) is 16.9. The Morgan fingerprint density at radius 3 is 2.67 bits per heavy atom. The van der Waals surface area contributed by atoms with Crippen molar-refractivity contribution in [2.24, 2.45) is 34.5 Å². The molecule has 3 heteroatoms. The highest BCUT2D eigenvalue weighted by Crippen LogP contribution is 2.67. The maximum atomic E-state index is 10.2. The number of aliphatic hydroxyl groups is 1. The normalized spacial score (nSPS) is 46.0. The van der Waals surface area contributed by atoms with Gasteiger partial charge in [-0.25, -0.2) is 0 Å². The molecule has 0 spiro atoms. The number of fused-ring (bicyclic) bond motifs is 5. The van der Waals surface area contributed by atoms with Crippen LogP contribution in [0.15, 0.2) is 36.3 Å². The molecule has 27 heavy (non-hydrogen) atoms. The Bertz CT molecular complexity index is 800. The van der Waals surface area contributed by atoms with Crippen LogP contribution < -0.4 is 0 Å². The summed E-state index contributed by atoms with van der Waals surface area (Å²) < 4.78 is 0. The SMILES string of the molecule is C[C@@H]1C=C2C[C@@H](O)CC[C@]2(C)[C@H]2CC[C@]3(C)C(c4cnccn4)=CC[C@H]3[C@H]12. The molecular weight excluding hydrogens is 332 g/mol. The van der Waals surface area contributed by atoms with E-state index in [4.69, 9.17) is 0 Å². The smallest absolute Gasteiger partial charge is 0.0847 e. The fourth-order valence-corrected chi connectivity index (χ4v) is 7.41. The van der Waals surface area contributed by atoms with Crippen LogP contribution in [0, 0.1) is 34.5 Å². The van der Waals surface area contributed by atoms with Crippen molar-refractivity contribution in [3.63, 3.8) is 0 Å². The van der Waals surface area contributed by atoms with Crippen LogP contribution in [-0.4, -0.2) is 21.2 Å². The average molecular weight is 365 g/mol. The van der Waals surface area contributed by atoms with Gasteiger partial charge in [-0.3, -0.25) is 9.97 Å². The molecule has 0 aliphatic heterocycles. The van der Waals surface area contributed by atoms with E-state index in [-0.39, 0.29) is 11.5 Å². The van der Waals surface area contributed by atoms with Gasteiger partial charge in [-0.15, -0.1) is 0 Å². The second-order valence-electron chi connectivity index (χ2n) is 10.1. The van der Waals surface area contributed by atoms with E-state index in [0.29, 0.717) is 17.3 Å². The summed E-state index contributed by atoms with van der Waals surface area (Å²) in [7, 11) is 0. The number of aromatic nitrogens is 2. The van der Waals surface area contributed by atoms with Crippen LogP contribution in [0.25, 0.3) is 5.57 Å². The Morgan fingerprint density at radius 1 is 1.07 bits per heavy atom. The lowest BCUT2D eigenvalue weighted by Gasteiger charge is -2.59. The van der Waals surface area contributed by atoms with Gasteiger partial charge < -0.3 is 5.11 Å². The molecule has 144 valence electrons. The summed E-state index contributed by atoms with van der Waals surface area (Å²) in [5.41, 5.74) is 4.59. The lowest BCUT2D eigenvalue weighted by Crippen LogP contribution is -2.52.